The highest BCUT2D eigenvalue weighted by Gasteiger charge is 2.24. The Morgan fingerprint density at radius 3 is 2.59 bits per heavy atom. The van der Waals surface area contributed by atoms with Crippen LogP contribution in [0.2, 0.25) is 0 Å². The lowest BCUT2D eigenvalue weighted by atomic mass is 10.0. The summed E-state index contributed by atoms with van der Waals surface area (Å²) in [6.07, 6.45) is 1.62. The Hall–Kier alpha value is -3.59. The van der Waals surface area contributed by atoms with E-state index in [1.54, 1.807) is 38.2 Å². The van der Waals surface area contributed by atoms with Crippen LogP contribution in [0.5, 0.6) is 5.75 Å². The first kappa shape index (κ1) is 23.1. The van der Waals surface area contributed by atoms with Gasteiger partial charge in [0.2, 0.25) is 5.91 Å². The Morgan fingerprint density at radius 1 is 1.22 bits per heavy atom. The second-order valence-corrected chi connectivity index (χ2v) is 7.27. The number of esters is 1. The lowest BCUT2D eigenvalue weighted by Gasteiger charge is -2.15. The number of anilines is 1. The molecule has 1 amide bonds. The monoisotopic (exact) mass is 441 g/mol. The summed E-state index contributed by atoms with van der Waals surface area (Å²) in [5.41, 5.74) is 1.35. The summed E-state index contributed by atoms with van der Waals surface area (Å²) >= 11 is 0. The summed E-state index contributed by atoms with van der Waals surface area (Å²) in [6, 6.07) is 7.77. The van der Waals surface area contributed by atoms with Crippen molar-refractivity contribution < 1.29 is 28.6 Å². The van der Waals surface area contributed by atoms with Gasteiger partial charge in [-0.25, -0.2) is 14.2 Å². The van der Waals surface area contributed by atoms with Gasteiger partial charge in [-0.05, 0) is 42.7 Å². The van der Waals surface area contributed by atoms with E-state index in [9.17, 15) is 19.1 Å². The van der Waals surface area contributed by atoms with E-state index in [0.29, 0.717) is 11.8 Å². The van der Waals surface area contributed by atoms with E-state index in [1.807, 2.05) is 0 Å². The fourth-order valence-corrected chi connectivity index (χ4v) is 3.11. The Kier molecular flexibility index (Phi) is 7.32. The van der Waals surface area contributed by atoms with E-state index in [4.69, 9.17) is 9.47 Å². The number of amides is 1. The van der Waals surface area contributed by atoms with Crippen LogP contribution in [0.25, 0.3) is 10.9 Å². The number of hydrogen-bond donors (Lipinski definition) is 2. The third-order valence-electron chi connectivity index (χ3n) is 4.68. The fourth-order valence-electron chi connectivity index (χ4n) is 3.11. The van der Waals surface area contributed by atoms with E-state index >= 15 is 0 Å². The molecule has 0 saturated carbocycles. The molecule has 3 aromatic rings. The van der Waals surface area contributed by atoms with Crippen molar-refractivity contribution in [1.29, 1.82) is 0 Å². The van der Waals surface area contributed by atoms with Crippen LogP contribution in [0.1, 0.15) is 41.9 Å². The summed E-state index contributed by atoms with van der Waals surface area (Å²) in [5.74, 6) is -1.87. The Bertz CT molecular complexity index is 1130. The topological polar surface area (TPSA) is 111 Å². The maximum atomic E-state index is 13.2. The van der Waals surface area contributed by atoms with Gasteiger partial charge < -0.3 is 19.9 Å². The molecule has 0 aliphatic carbocycles. The molecule has 2 N–H and O–H groups in total. The van der Waals surface area contributed by atoms with Crippen LogP contribution in [0.15, 0.2) is 36.5 Å². The van der Waals surface area contributed by atoms with E-state index in [0.717, 1.165) is 11.1 Å². The number of aromatic hydroxyl groups is 1. The van der Waals surface area contributed by atoms with Gasteiger partial charge in [0.05, 0.1) is 6.61 Å². The minimum atomic E-state index is -0.863. The van der Waals surface area contributed by atoms with Crippen molar-refractivity contribution in [3.8, 4) is 5.75 Å². The molecule has 8 nitrogen and oxygen atoms in total. The van der Waals surface area contributed by atoms with E-state index in [2.05, 4.69) is 15.3 Å². The second kappa shape index (κ2) is 10.1. The minimum absolute atomic E-state index is 0.0875. The summed E-state index contributed by atoms with van der Waals surface area (Å²) in [7, 11) is 1.47. The van der Waals surface area contributed by atoms with E-state index in [1.165, 1.54) is 19.2 Å². The largest absolute Gasteiger partial charge is 0.504 e. The molecule has 3 rings (SSSR count). The molecule has 0 spiro atoms. The van der Waals surface area contributed by atoms with Gasteiger partial charge in [0.25, 0.3) is 0 Å². The summed E-state index contributed by atoms with van der Waals surface area (Å²) < 4.78 is 23.4. The predicted octanol–water partition coefficient (Wildman–Crippen LogP) is 3.61. The number of nitrogens with one attached hydrogen (secondary N) is 1. The SMILES string of the molecule is CCC(=O)Nc1nc(C(=O)OC(C)COC)c(O)c2ncc(Cc3ccc(F)cc3)cc12. The number of aromatic nitrogens is 2. The summed E-state index contributed by atoms with van der Waals surface area (Å²) in [4.78, 5) is 33.1. The molecular weight excluding hydrogens is 417 g/mol. The van der Waals surface area contributed by atoms with Gasteiger partial charge in [0.15, 0.2) is 11.4 Å². The normalized spacial score (nSPS) is 11.9. The van der Waals surface area contributed by atoms with Gasteiger partial charge in [-0.2, -0.15) is 0 Å². The summed E-state index contributed by atoms with van der Waals surface area (Å²) in [6.45, 7) is 3.49. The van der Waals surface area contributed by atoms with Crippen LogP contribution in [0, 0.1) is 5.82 Å². The van der Waals surface area contributed by atoms with Crippen LogP contribution in [-0.2, 0) is 20.7 Å². The number of fused-ring (bicyclic) bond motifs is 1. The number of benzene rings is 1. The highest BCUT2D eigenvalue weighted by atomic mass is 19.1. The third-order valence-corrected chi connectivity index (χ3v) is 4.68. The number of nitrogens with zero attached hydrogens (tertiary/aromatic N) is 2. The average Bonchev–Trinajstić information content (AvgIpc) is 2.77. The first-order chi connectivity index (χ1) is 15.3. The number of methoxy groups -OCH3 is 1. The zero-order valence-corrected chi connectivity index (χ0v) is 18.0. The fraction of sp³-hybridized carbons (Fsp3) is 0.304. The van der Waals surface area contributed by atoms with Crippen molar-refractivity contribution >= 4 is 28.6 Å². The van der Waals surface area contributed by atoms with Gasteiger partial charge in [0.1, 0.15) is 23.3 Å². The standard InChI is InChI=1S/C23H24FN3O5/c1-4-18(28)26-22-17-10-15(9-14-5-7-16(24)8-6-14)11-25-19(17)21(29)20(27-22)23(30)32-13(2)12-31-3/h5-8,10-11,13,29H,4,9,12H2,1-3H3,(H,26,27,28). The quantitative estimate of drug-likeness (QED) is 0.514. The second-order valence-electron chi connectivity index (χ2n) is 7.27. The molecule has 0 bridgehead atoms. The predicted molar refractivity (Wildman–Crippen MR) is 116 cm³/mol. The Balaban J connectivity index is 2.04. The zero-order chi connectivity index (χ0) is 23.3. The molecule has 0 radical (unpaired) electrons. The molecule has 168 valence electrons. The third kappa shape index (κ3) is 5.36. The molecule has 0 saturated heterocycles. The van der Waals surface area contributed by atoms with E-state index in [-0.39, 0.29) is 41.8 Å². The molecule has 1 aromatic carbocycles. The smallest absolute Gasteiger partial charge is 0.361 e. The van der Waals surface area contributed by atoms with Crippen LogP contribution >= 0.6 is 0 Å². The number of pyridine rings is 2. The first-order valence-corrected chi connectivity index (χ1v) is 10.1. The molecule has 9 heteroatoms. The maximum absolute atomic E-state index is 13.2. The van der Waals surface area contributed by atoms with E-state index < -0.39 is 17.8 Å². The van der Waals surface area contributed by atoms with Crippen molar-refractivity contribution in [2.45, 2.75) is 32.8 Å². The molecule has 1 atom stereocenters. The highest BCUT2D eigenvalue weighted by molar-refractivity contribution is 6.05. The van der Waals surface area contributed by atoms with Crippen molar-refractivity contribution in [1.82, 2.24) is 9.97 Å². The Morgan fingerprint density at radius 2 is 1.94 bits per heavy atom. The number of halogens is 1. The van der Waals surface area contributed by atoms with Crippen LogP contribution in [0.3, 0.4) is 0 Å². The number of hydrogen-bond acceptors (Lipinski definition) is 7. The number of ether oxygens (including phenoxy) is 2. The van der Waals surface area contributed by atoms with Gasteiger partial charge in [0, 0.05) is 25.1 Å². The molecule has 2 heterocycles. The maximum Gasteiger partial charge on any atom is 0.361 e. The lowest BCUT2D eigenvalue weighted by molar-refractivity contribution is -0.115. The number of carbonyl (C=O) groups excluding carboxylic acids is 2. The Labute approximate surface area is 184 Å². The molecule has 0 fully saturated rings. The zero-order valence-electron chi connectivity index (χ0n) is 18.0. The molecule has 1 unspecified atom stereocenters. The minimum Gasteiger partial charge on any atom is -0.504 e. The number of carbonyl (C=O) groups is 2. The molecule has 0 aliphatic rings. The van der Waals surface area contributed by atoms with Gasteiger partial charge in [-0.1, -0.05) is 19.1 Å². The van der Waals surface area contributed by atoms with Crippen LogP contribution in [0.4, 0.5) is 10.2 Å². The van der Waals surface area contributed by atoms with Crippen molar-refractivity contribution in [3.63, 3.8) is 0 Å². The van der Waals surface area contributed by atoms with Gasteiger partial charge in [-0.15, -0.1) is 0 Å². The van der Waals surface area contributed by atoms with Gasteiger partial charge >= 0.3 is 5.97 Å². The first-order valence-electron chi connectivity index (χ1n) is 10.1. The van der Waals surface area contributed by atoms with Crippen LogP contribution in [-0.4, -0.2) is 46.8 Å². The molecular formula is C23H24FN3O5. The van der Waals surface area contributed by atoms with Crippen molar-refractivity contribution in [2.75, 3.05) is 19.0 Å². The molecule has 32 heavy (non-hydrogen) atoms. The highest BCUT2D eigenvalue weighted by Crippen LogP contribution is 2.32. The summed E-state index contributed by atoms with van der Waals surface area (Å²) in [5, 5.41) is 13.7. The molecule has 2 aromatic heterocycles. The van der Waals surface area contributed by atoms with Gasteiger partial charge in [-0.3, -0.25) is 9.78 Å². The average molecular weight is 441 g/mol. The van der Waals surface area contributed by atoms with Crippen molar-refractivity contribution in [2.24, 2.45) is 0 Å². The molecule has 0 aliphatic heterocycles. The van der Waals surface area contributed by atoms with Crippen molar-refractivity contribution in [3.05, 3.63) is 59.2 Å². The lowest BCUT2D eigenvalue weighted by Crippen LogP contribution is -2.21. The van der Waals surface area contributed by atoms with Crippen LogP contribution < -0.4 is 5.32 Å². The number of rotatable bonds is 8.